The monoisotopic (exact) mass is 371 g/mol. The number of benzene rings is 1. The van der Waals surface area contributed by atoms with Crippen LogP contribution in [-0.2, 0) is 27.2 Å². The third kappa shape index (κ3) is 5.47. The molecule has 1 heterocycles. The van der Waals surface area contributed by atoms with Gasteiger partial charge in [0.15, 0.2) is 0 Å². The Hall–Kier alpha value is -1.13. The maximum atomic E-state index is 12.1. The molecule has 1 aliphatic rings. The Kier molecular flexibility index (Phi) is 5.69. The summed E-state index contributed by atoms with van der Waals surface area (Å²) < 4.78 is 79.1. The quantitative estimate of drug-likeness (QED) is 0.825. The lowest BCUT2D eigenvalue weighted by Crippen LogP contribution is -2.30. The van der Waals surface area contributed by atoms with Crippen LogP contribution in [0.25, 0.3) is 0 Å². The maximum Gasteiger partial charge on any atom is 0.400 e. The Labute approximate surface area is 134 Å². The first-order chi connectivity index (χ1) is 10.7. The molecule has 0 radical (unpaired) electrons. The molecule has 10 heteroatoms. The van der Waals surface area contributed by atoms with Crippen LogP contribution >= 0.6 is 0 Å². The fourth-order valence-electron chi connectivity index (χ4n) is 2.13. The lowest BCUT2D eigenvalue weighted by Gasteiger charge is -2.18. The molecule has 5 nitrogen and oxygen atoms in total. The molecule has 1 unspecified atom stereocenters. The SMILES string of the molecule is O=S(CCNS(=O)(=O)c1ccc2c(c1)CCCO2)CC(F)(F)F. The highest BCUT2D eigenvalue weighted by atomic mass is 32.2. The van der Waals surface area contributed by atoms with Crippen molar-refractivity contribution in [3.63, 3.8) is 0 Å². The van der Waals surface area contributed by atoms with E-state index in [9.17, 15) is 25.8 Å². The first kappa shape index (κ1) is 18.2. The normalized spacial score (nSPS) is 16.5. The summed E-state index contributed by atoms with van der Waals surface area (Å²) in [5.41, 5.74) is 0.778. The van der Waals surface area contributed by atoms with E-state index in [0.29, 0.717) is 18.8 Å². The lowest BCUT2D eigenvalue weighted by atomic mass is 10.1. The number of fused-ring (bicyclic) bond motifs is 1. The first-order valence-electron chi connectivity index (χ1n) is 6.84. The van der Waals surface area contributed by atoms with E-state index in [0.717, 1.165) is 12.0 Å². The van der Waals surface area contributed by atoms with E-state index in [1.807, 2.05) is 0 Å². The van der Waals surface area contributed by atoms with Gasteiger partial charge >= 0.3 is 6.18 Å². The zero-order valence-corrected chi connectivity index (χ0v) is 13.7. The third-order valence-electron chi connectivity index (χ3n) is 3.14. The molecule has 23 heavy (non-hydrogen) atoms. The molecule has 0 bridgehead atoms. The number of nitrogens with one attached hydrogen (secondary N) is 1. The molecule has 0 aromatic heterocycles. The molecule has 1 N–H and O–H groups in total. The van der Waals surface area contributed by atoms with Gasteiger partial charge in [-0.15, -0.1) is 0 Å². The average molecular weight is 371 g/mol. The second-order valence-electron chi connectivity index (χ2n) is 5.02. The van der Waals surface area contributed by atoms with Crippen molar-refractivity contribution in [1.29, 1.82) is 0 Å². The molecule has 0 fully saturated rings. The lowest BCUT2D eigenvalue weighted by molar-refractivity contribution is -0.105. The van der Waals surface area contributed by atoms with Gasteiger partial charge in [-0.05, 0) is 36.6 Å². The van der Waals surface area contributed by atoms with Gasteiger partial charge in [-0.25, -0.2) is 13.1 Å². The van der Waals surface area contributed by atoms with E-state index in [4.69, 9.17) is 4.74 Å². The molecule has 0 aliphatic carbocycles. The second-order valence-corrected chi connectivity index (χ2v) is 8.37. The molecule has 0 saturated carbocycles. The van der Waals surface area contributed by atoms with Crippen LogP contribution in [0.2, 0.25) is 0 Å². The van der Waals surface area contributed by atoms with Crippen molar-refractivity contribution in [3.8, 4) is 5.75 Å². The van der Waals surface area contributed by atoms with Crippen molar-refractivity contribution in [2.45, 2.75) is 23.9 Å². The summed E-state index contributed by atoms with van der Waals surface area (Å²) in [5, 5.41) is 0. The Morgan fingerprint density at radius 1 is 1.30 bits per heavy atom. The first-order valence-corrected chi connectivity index (χ1v) is 9.82. The van der Waals surface area contributed by atoms with Gasteiger partial charge in [0.05, 0.1) is 11.5 Å². The van der Waals surface area contributed by atoms with Crippen molar-refractivity contribution in [2.24, 2.45) is 0 Å². The zero-order chi connectivity index (χ0) is 17.1. The Bertz CT molecular complexity index is 689. The summed E-state index contributed by atoms with van der Waals surface area (Å²) in [6.45, 7) is 0.265. The average Bonchev–Trinajstić information content (AvgIpc) is 2.44. The highest BCUT2D eigenvalue weighted by Gasteiger charge is 2.30. The van der Waals surface area contributed by atoms with E-state index < -0.39 is 38.5 Å². The molecule has 130 valence electrons. The molecule has 1 atom stereocenters. The minimum Gasteiger partial charge on any atom is -0.493 e. The third-order valence-corrected chi connectivity index (χ3v) is 5.90. The number of alkyl halides is 3. The molecule has 0 spiro atoms. The van der Waals surface area contributed by atoms with Crippen molar-refractivity contribution < 1.29 is 30.5 Å². The van der Waals surface area contributed by atoms with E-state index in [2.05, 4.69) is 4.72 Å². The Morgan fingerprint density at radius 3 is 2.74 bits per heavy atom. The minimum atomic E-state index is -4.53. The van der Waals surface area contributed by atoms with Gasteiger partial charge in [-0.1, -0.05) is 0 Å². The minimum absolute atomic E-state index is 0.0170. The number of sulfonamides is 1. The topological polar surface area (TPSA) is 72.5 Å². The van der Waals surface area contributed by atoms with Crippen LogP contribution in [0, 0.1) is 0 Å². The molecular weight excluding hydrogens is 355 g/mol. The van der Waals surface area contributed by atoms with Gasteiger partial charge in [-0.2, -0.15) is 13.2 Å². The van der Waals surface area contributed by atoms with E-state index >= 15 is 0 Å². The van der Waals surface area contributed by atoms with Crippen molar-refractivity contribution in [3.05, 3.63) is 23.8 Å². The predicted octanol–water partition coefficient (Wildman–Crippen LogP) is 1.60. The highest BCUT2D eigenvalue weighted by molar-refractivity contribution is 7.89. The van der Waals surface area contributed by atoms with Gasteiger partial charge in [0.2, 0.25) is 10.0 Å². The van der Waals surface area contributed by atoms with E-state index in [1.165, 1.54) is 12.1 Å². The molecule has 2 rings (SSSR count). The fourth-order valence-corrected chi connectivity index (χ4v) is 4.18. The molecule has 1 aromatic rings. The summed E-state index contributed by atoms with van der Waals surface area (Å²) in [5.74, 6) is -1.20. The van der Waals surface area contributed by atoms with Crippen molar-refractivity contribution >= 4 is 20.8 Å². The predicted molar refractivity (Wildman–Crippen MR) is 79.4 cm³/mol. The van der Waals surface area contributed by atoms with Crippen molar-refractivity contribution in [2.75, 3.05) is 24.7 Å². The van der Waals surface area contributed by atoms with Crippen LogP contribution in [0.4, 0.5) is 13.2 Å². The number of aryl methyl sites for hydroxylation is 1. The highest BCUT2D eigenvalue weighted by Crippen LogP contribution is 2.27. The van der Waals surface area contributed by atoms with Crippen LogP contribution in [0.15, 0.2) is 23.1 Å². The summed E-state index contributed by atoms with van der Waals surface area (Å²) >= 11 is 0. The number of hydrogen-bond donors (Lipinski definition) is 1. The summed E-state index contributed by atoms with van der Waals surface area (Å²) in [6, 6.07) is 4.42. The fraction of sp³-hybridized carbons (Fsp3) is 0.538. The number of halogens is 3. The number of hydrogen-bond acceptors (Lipinski definition) is 4. The smallest absolute Gasteiger partial charge is 0.400 e. The van der Waals surface area contributed by atoms with Crippen LogP contribution in [0.5, 0.6) is 5.75 Å². The van der Waals surface area contributed by atoms with Crippen LogP contribution in [0.3, 0.4) is 0 Å². The number of ether oxygens (including phenoxy) is 1. The largest absolute Gasteiger partial charge is 0.493 e. The summed E-state index contributed by atoms with van der Waals surface area (Å²) in [6.07, 6.45) is -3.03. The maximum absolute atomic E-state index is 12.1. The van der Waals surface area contributed by atoms with E-state index in [1.54, 1.807) is 6.07 Å². The van der Waals surface area contributed by atoms with Crippen LogP contribution < -0.4 is 9.46 Å². The van der Waals surface area contributed by atoms with Crippen molar-refractivity contribution in [1.82, 2.24) is 4.72 Å². The molecule has 1 aliphatic heterocycles. The van der Waals surface area contributed by atoms with Crippen LogP contribution in [0.1, 0.15) is 12.0 Å². The summed E-state index contributed by atoms with van der Waals surface area (Å²) in [7, 11) is -6.01. The molecular formula is C13H16F3NO4S2. The van der Waals surface area contributed by atoms with Gasteiger partial charge in [0, 0.05) is 23.1 Å². The standard InChI is InChI=1S/C13H16F3NO4S2/c14-13(15,16)9-22(18)7-5-17-23(19,20)11-3-4-12-10(8-11)2-1-6-21-12/h3-4,8,17H,1-2,5-7,9H2. The molecule has 0 amide bonds. The molecule has 1 aromatic carbocycles. The zero-order valence-electron chi connectivity index (χ0n) is 12.1. The summed E-state index contributed by atoms with van der Waals surface area (Å²) in [4.78, 5) is 0.0170. The van der Waals surface area contributed by atoms with Crippen LogP contribution in [-0.4, -0.2) is 43.5 Å². The van der Waals surface area contributed by atoms with Gasteiger partial charge < -0.3 is 4.74 Å². The van der Waals surface area contributed by atoms with Gasteiger partial charge in [0.1, 0.15) is 11.5 Å². The Balaban J connectivity index is 1.95. The second kappa shape index (κ2) is 7.18. The molecule has 0 saturated heterocycles. The number of rotatable bonds is 6. The Morgan fingerprint density at radius 2 is 2.04 bits per heavy atom. The van der Waals surface area contributed by atoms with Gasteiger partial charge in [0.25, 0.3) is 0 Å². The van der Waals surface area contributed by atoms with E-state index in [-0.39, 0.29) is 11.4 Å². The van der Waals surface area contributed by atoms with Gasteiger partial charge in [-0.3, -0.25) is 4.21 Å².